The zero-order valence-electron chi connectivity index (χ0n) is 13.4. The number of aliphatic hydroxyl groups is 1. The van der Waals surface area contributed by atoms with E-state index >= 15 is 0 Å². The van der Waals surface area contributed by atoms with Crippen LogP contribution in [-0.2, 0) is 6.42 Å². The fourth-order valence-corrected chi connectivity index (χ4v) is 2.95. The lowest BCUT2D eigenvalue weighted by Crippen LogP contribution is -2.48. The molecule has 1 aromatic rings. The van der Waals surface area contributed by atoms with Gasteiger partial charge in [0.15, 0.2) is 0 Å². The quantitative estimate of drug-likeness (QED) is 0.810. The van der Waals surface area contributed by atoms with E-state index in [0.29, 0.717) is 13.2 Å². The molecule has 1 aliphatic carbocycles. The van der Waals surface area contributed by atoms with Crippen LogP contribution in [0.2, 0.25) is 0 Å². The molecule has 3 heteroatoms. The molecule has 1 unspecified atom stereocenters. The molecule has 1 fully saturated rings. The second-order valence-corrected chi connectivity index (χ2v) is 6.46. The Hall–Kier alpha value is -1.06. The lowest BCUT2D eigenvalue weighted by atomic mass is 9.83. The molecule has 1 aliphatic rings. The van der Waals surface area contributed by atoms with Crippen LogP contribution in [-0.4, -0.2) is 29.9 Å². The molecule has 0 saturated heterocycles. The number of aliphatic hydroxyl groups excluding tert-OH is 1. The molecule has 0 aromatic heterocycles. The third-order valence-electron chi connectivity index (χ3n) is 4.50. The molecule has 0 spiro atoms. The zero-order valence-corrected chi connectivity index (χ0v) is 13.4. The predicted octanol–water partition coefficient (Wildman–Crippen LogP) is 3.30. The Bertz CT molecular complexity index is 410. The first-order valence-electron chi connectivity index (χ1n) is 8.26. The fourth-order valence-electron chi connectivity index (χ4n) is 2.95. The largest absolute Gasteiger partial charge is 0.491 e. The van der Waals surface area contributed by atoms with Gasteiger partial charge in [-0.05, 0) is 43.9 Å². The molecule has 2 N–H and O–H groups in total. The second-order valence-electron chi connectivity index (χ2n) is 6.46. The van der Waals surface area contributed by atoms with Crippen LogP contribution in [0.3, 0.4) is 0 Å². The summed E-state index contributed by atoms with van der Waals surface area (Å²) in [6.07, 6.45) is 6.91. The van der Waals surface area contributed by atoms with Gasteiger partial charge in [0.1, 0.15) is 18.5 Å². The van der Waals surface area contributed by atoms with Crippen LogP contribution in [0, 0.1) is 0 Å². The van der Waals surface area contributed by atoms with Crippen LogP contribution < -0.4 is 10.1 Å². The van der Waals surface area contributed by atoms with Crippen LogP contribution in [0.15, 0.2) is 24.3 Å². The van der Waals surface area contributed by atoms with E-state index in [0.717, 1.165) is 12.2 Å². The maximum Gasteiger partial charge on any atom is 0.119 e. The van der Waals surface area contributed by atoms with Crippen LogP contribution >= 0.6 is 0 Å². The molecule has 2 rings (SSSR count). The first-order valence-corrected chi connectivity index (χ1v) is 8.26. The Balaban J connectivity index is 1.70. The number of rotatable bonds is 7. The standard InChI is InChI=1S/C18H29NO2/c1-3-15-7-9-17(10-8-15)21-14-16(20)13-19-18(2)11-5-4-6-12-18/h7-10,16,19-20H,3-6,11-14H2,1-2H3. The van der Waals surface area contributed by atoms with E-state index in [-0.39, 0.29) is 5.54 Å². The number of benzene rings is 1. The first-order chi connectivity index (χ1) is 10.1. The molecular formula is C18H29NO2. The lowest BCUT2D eigenvalue weighted by Gasteiger charge is -2.35. The third-order valence-corrected chi connectivity index (χ3v) is 4.50. The van der Waals surface area contributed by atoms with Gasteiger partial charge in [-0.3, -0.25) is 0 Å². The van der Waals surface area contributed by atoms with Crippen LogP contribution in [0.5, 0.6) is 5.75 Å². The highest BCUT2D eigenvalue weighted by Gasteiger charge is 2.26. The lowest BCUT2D eigenvalue weighted by molar-refractivity contribution is 0.0930. The SMILES string of the molecule is CCc1ccc(OCC(O)CNC2(C)CCCCC2)cc1. The minimum absolute atomic E-state index is 0.196. The van der Waals surface area contributed by atoms with Crippen molar-refractivity contribution in [2.75, 3.05) is 13.2 Å². The van der Waals surface area contributed by atoms with Crippen molar-refractivity contribution in [3.8, 4) is 5.75 Å². The highest BCUT2D eigenvalue weighted by atomic mass is 16.5. The number of aryl methyl sites for hydroxylation is 1. The molecule has 0 radical (unpaired) electrons. The number of ether oxygens (including phenoxy) is 1. The molecule has 1 aromatic carbocycles. The molecule has 1 saturated carbocycles. The summed E-state index contributed by atoms with van der Waals surface area (Å²) in [5.41, 5.74) is 1.50. The van der Waals surface area contributed by atoms with Crippen molar-refractivity contribution >= 4 is 0 Å². The van der Waals surface area contributed by atoms with Crippen molar-refractivity contribution in [1.29, 1.82) is 0 Å². The molecule has 0 amide bonds. The van der Waals surface area contributed by atoms with Gasteiger partial charge in [0.25, 0.3) is 0 Å². The fraction of sp³-hybridized carbons (Fsp3) is 0.667. The Morgan fingerprint density at radius 2 is 1.86 bits per heavy atom. The van der Waals surface area contributed by atoms with Crippen molar-refractivity contribution < 1.29 is 9.84 Å². The van der Waals surface area contributed by atoms with Gasteiger partial charge < -0.3 is 15.2 Å². The van der Waals surface area contributed by atoms with E-state index < -0.39 is 6.10 Å². The van der Waals surface area contributed by atoms with E-state index in [1.54, 1.807) is 0 Å². The minimum Gasteiger partial charge on any atom is -0.491 e. The van der Waals surface area contributed by atoms with Crippen molar-refractivity contribution in [3.63, 3.8) is 0 Å². The van der Waals surface area contributed by atoms with E-state index in [1.165, 1.54) is 37.7 Å². The molecule has 0 aliphatic heterocycles. The van der Waals surface area contributed by atoms with Gasteiger partial charge >= 0.3 is 0 Å². The summed E-state index contributed by atoms with van der Waals surface area (Å²) in [6.45, 7) is 5.35. The van der Waals surface area contributed by atoms with E-state index in [9.17, 15) is 5.11 Å². The number of hydrogen-bond donors (Lipinski definition) is 2. The molecule has 0 heterocycles. The zero-order chi connectivity index (χ0) is 15.1. The van der Waals surface area contributed by atoms with Gasteiger partial charge in [0.05, 0.1) is 0 Å². The predicted molar refractivity (Wildman–Crippen MR) is 86.8 cm³/mol. The first kappa shape index (κ1) is 16.3. The van der Waals surface area contributed by atoms with Gasteiger partial charge in [-0.15, -0.1) is 0 Å². The monoisotopic (exact) mass is 291 g/mol. The van der Waals surface area contributed by atoms with Crippen molar-refractivity contribution in [2.45, 2.75) is 64.0 Å². The Labute approximate surface area is 128 Å². The summed E-state index contributed by atoms with van der Waals surface area (Å²) in [5, 5.41) is 13.6. The molecule has 1 atom stereocenters. The Morgan fingerprint density at radius 3 is 2.48 bits per heavy atom. The van der Waals surface area contributed by atoms with Gasteiger partial charge in [0.2, 0.25) is 0 Å². The van der Waals surface area contributed by atoms with Crippen molar-refractivity contribution in [3.05, 3.63) is 29.8 Å². The van der Waals surface area contributed by atoms with Gasteiger partial charge in [-0.1, -0.05) is 38.3 Å². The third kappa shape index (κ3) is 5.33. The average Bonchev–Trinajstić information content (AvgIpc) is 2.52. The average molecular weight is 291 g/mol. The van der Waals surface area contributed by atoms with E-state index in [4.69, 9.17) is 4.74 Å². The highest BCUT2D eigenvalue weighted by molar-refractivity contribution is 5.27. The Morgan fingerprint density at radius 1 is 1.19 bits per heavy atom. The van der Waals surface area contributed by atoms with Gasteiger partial charge in [-0.2, -0.15) is 0 Å². The Kier molecular flexibility index (Phi) is 6.07. The van der Waals surface area contributed by atoms with Crippen molar-refractivity contribution in [2.24, 2.45) is 0 Å². The molecule has 21 heavy (non-hydrogen) atoms. The second kappa shape index (κ2) is 7.81. The topological polar surface area (TPSA) is 41.5 Å². The van der Waals surface area contributed by atoms with Gasteiger partial charge in [0, 0.05) is 12.1 Å². The maximum atomic E-state index is 10.1. The summed E-state index contributed by atoms with van der Waals surface area (Å²) < 4.78 is 5.65. The number of β-amino-alcohol motifs (C(OH)–C–C–N with tert-alkyl or cyclic N) is 1. The van der Waals surface area contributed by atoms with Crippen LogP contribution in [0.4, 0.5) is 0 Å². The highest BCUT2D eigenvalue weighted by Crippen LogP contribution is 2.27. The normalized spacial score (nSPS) is 19.2. The van der Waals surface area contributed by atoms with Gasteiger partial charge in [-0.25, -0.2) is 0 Å². The minimum atomic E-state index is -0.463. The van der Waals surface area contributed by atoms with E-state index in [2.05, 4.69) is 31.3 Å². The molecule has 3 nitrogen and oxygen atoms in total. The molecule has 118 valence electrons. The van der Waals surface area contributed by atoms with Crippen molar-refractivity contribution in [1.82, 2.24) is 5.32 Å². The summed E-state index contributed by atoms with van der Waals surface area (Å²) in [4.78, 5) is 0. The summed E-state index contributed by atoms with van der Waals surface area (Å²) in [5.74, 6) is 0.829. The maximum absolute atomic E-state index is 10.1. The van der Waals surface area contributed by atoms with E-state index in [1.807, 2.05) is 12.1 Å². The molecular weight excluding hydrogens is 262 g/mol. The molecule has 0 bridgehead atoms. The van der Waals surface area contributed by atoms with Crippen LogP contribution in [0.25, 0.3) is 0 Å². The number of hydrogen-bond acceptors (Lipinski definition) is 3. The summed E-state index contributed by atoms with van der Waals surface area (Å²) in [7, 11) is 0. The summed E-state index contributed by atoms with van der Waals surface area (Å²) >= 11 is 0. The smallest absolute Gasteiger partial charge is 0.119 e. The number of nitrogens with one attached hydrogen (secondary N) is 1. The summed E-state index contributed by atoms with van der Waals surface area (Å²) in [6, 6.07) is 8.09. The van der Waals surface area contributed by atoms with Crippen LogP contribution in [0.1, 0.15) is 51.5 Å².